The van der Waals surface area contributed by atoms with E-state index in [0.29, 0.717) is 36.9 Å². The van der Waals surface area contributed by atoms with Crippen molar-refractivity contribution in [2.45, 2.75) is 4.90 Å². The normalized spacial score (nSPS) is 14.1. The van der Waals surface area contributed by atoms with E-state index in [1.54, 1.807) is 17.6 Å². The number of carbonyl (C=O) groups is 1. The maximum absolute atomic E-state index is 13.6. The molecule has 1 amide bonds. The van der Waals surface area contributed by atoms with Crippen molar-refractivity contribution in [2.75, 3.05) is 50.1 Å². The molecule has 1 aliphatic heterocycles. The minimum Gasteiger partial charge on any atom is -0.378 e. The first-order valence-electron chi connectivity index (χ1n) is 10.6. The molecule has 5 N–H and O–H groups in total. The lowest BCUT2D eigenvalue weighted by Crippen LogP contribution is -2.48. The van der Waals surface area contributed by atoms with Crippen LogP contribution in [0, 0.1) is 0 Å². The van der Waals surface area contributed by atoms with E-state index in [0.717, 1.165) is 22.6 Å². The number of amides is 1. The van der Waals surface area contributed by atoms with Crippen molar-refractivity contribution < 1.29 is 23.6 Å². The minimum atomic E-state index is -3.71. The first-order chi connectivity index (χ1) is 16.8. The predicted octanol–water partition coefficient (Wildman–Crippen LogP) is 1.84. The summed E-state index contributed by atoms with van der Waals surface area (Å²) in [6.07, 6.45) is 1.40. The number of rotatable bonds is 6. The third-order valence-electron chi connectivity index (χ3n) is 5.51. The van der Waals surface area contributed by atoms with Gasteiger partial charge in [-0.3, -0.25) is 10.0 Å². The number of nitrogens with two attached hydrogens (primary N) is 1. The lowest BCUT2D eigenvalue weighted by Gasteiger charge is -2.34. The fraction of sp³-hybridized carbons (Fsp3) is 0.273. The SMILES string of the molecule is CN(C)c1cccc(-c2ccccc2S(=O)(=O)N2CCN(c3ncc(C(=O)NO)s3)CC2)c1.NO. The fourth-order valence-corrected chi connectivity index (χ4v) is 6.21. The largest absolute Gasteiger partial charge is 0.378 e. The highest BCUT2D eigenvalue weighted by Gasteiger charge is 2.31. The molecule has 1 aromatic heterocycles. The number of benzene rings is 2. The Morgan fingerprint density at radius 1 is 1.09 bits per heavy atom. The Labute approximate surface area is 208 Å². The van der Waals surface area contributed by atoms with Crippen molar-refractivity contribution >= 4 is 38.1 Å². The van der Waals surface area contributed by atoms with Crippen LogP contribution >= 0.6 is 11.3 Å². The van der Waals surface area contributed by atoms with Crippen LogP contribution in [0.15, 0.2) is 59.6 Å². The standard InChI is InChI=1S/C22H25N5O4S2.H3NO/c1-25(2)17-7-5-6-16(14-17)18-8-3-4-9-20(18)33(30,31)27-12-10-26(11-13-27)22-23-15-19(32-22)21(28)24-29;1-2/h3-9,14-15,29H,10-13H2,1-2H3,(H,24,28);2H,1H2. The fourth-order valence-electron chi connectivity index (χ4n) is 3.71. The van der Waals surface area contributed by atoms with Gasteiger partial charge in [0.15, 0.2) is 5.13 Å². The van der Waals surface area contributed by atoms with Crippen molar-refractivity contribution in [1.29, 1.82) is 0 Å². The molecule has 0 radical (unpaired) electrons. The highest BCUT2D eigenvalue weighted by atomic mass is 32.2. The Bertz CT molecular complexity index is 1260. The summed E-state index contributed by atoms with van der Waals surface area (Å²) >= 11 is 1.15. The Hall–Kier alpha value is -3.07. The number of hydrogen-bond acceptors (Lipinski definition) is 10. The van der Waals surface area contributed by atoms with Crippen LogP contribution in [0.1, 0.15) is 9.67 Å². The van der Waals surface area contributed by atoms with Gasteiger partial charge in [0, 0.05) is 51.5 Å². The quantitative estimate of drug-likeness (QED) is 0.282. The molecule has 0 bridgehead atoms. The zero-order chi connectivity index (χ0) is 25.6. The molecule has 0 aliphatic carbocycles. The summed E-state index contributed by atoms with van der Waals surface area (Å²) < 4.78 is 28.7. The smallest absolute Gasteiger partial charge is 0.286 e. The lowest BCUT2D eigenvalue weighted by atomic mass is 10.0. The third-order valence-corrected chi connectivity index (χ3v) is 8.52. The number of carbonyl (C=O) groups excluding carboxylic acids is 1. The maximum Gasteiger partial charge on any atom is 0.286 e. The van der Waals surface area contributed by atoms with E-state index in [2.05, 4.69) is 10.9 Å². The Morgan fingerprint density at radius 2 is 1.77 bits per heavy atom. The summed E-state index contributed by atoms with van der Waals surface area (Å²) in [5, 5.41) is 15.9. The van der Waals surface area contributed by atoms with Crippen LogP contribution in [0.25, 0.3) is 11.1 Å². The van der Waals surface area contributed by atoms with Gasteiger partial charge in [-0.15, -0.1) is 0 Å². The van der Waals surface area contributed by atoms with Gasteiger partial charge in [0.25, 0.3) is 5.91 Å². The van der Waals surface area contributed by atoms with Crippen molar-refractivity contribution in [3.8, 4) is 11.1 Å². The highest BCUT2D eigenvalue weighted by molar-refractivity contribution is 7.89. The molecule has 2 aromatic carbocycles. The van der Waals surface area contributed by atoms with E-state index in [1.807, 2.05) is 60.3 Å². The summed E-state index contributed by atoms with van der Waals surface area (Å²) in [5.74, 6) is 2.88. The van der Waals surface area contributed by atoms with Crippen LogP contribution in [-0.4, -0.2) is 74.3 Å². The molecule has 1 aliphatic rings. The second kappa shape index (κ2) is 11.6. The summed E-state index contributed by atoms with van der Waals surface area (Å²) in [4.78, 5) is 20.3. The number of nitrogens with zero attached hydrogens (tertiary/aromatic N) is 4. The van der Waals surface area contributed by atoms with Crippen molar-refractivity contribution in [2.24, 2.45) is 5.90 Å². The van der Waals surface area contributed by atoms with Gasteiger partial charge in [-0.05, 0) is 23.8 Å². The maximum atomic E-state index is 13.6. The van der Waals surface area contributed by atoms with Crippen molar-refractivity contribution in [1.82, 2.24) is 14.8 Å². The van der Waals surface area contributed by atoms with Gasteiger partial charge in [0.2, 0.25) is 10.0 Å². The van der Waals surface area contributed by atoms with E-state index in [9.17, 15) is 13.2 Å². The third kappa shape index (κ3) is 5.78. The zero-order valence-corrected chi connectivity index (χ0v) is 21.0. The number of anilines is 2. The highest BCUT2D eigenvalue weighted by Crippen LogP contribution is 2.32. The van der Waals surface area contributed by atoms with Gasteiger partial charge in [-0.1, -0.05) is 41.7 Å². The summed E-state index contributed by atoms with van der Waals surface area (Å²) in [6.45, 7) is 1.50. The average molecular weight is 521 g/mol. The molecular formula is C22H28N6O5S2. The molecule has 0 saturated carbocycles. The van der Waals surface area contributed by atoms with Crippen LogP contribution < -0.4 is 21.2 Å². The molecule has 1 fully saturated rings. The van der Waals surface area contributed by atoms with Crippen LogP contribution in [0.2, 0.25) is 0 Å². The van der Waals surface area contributed by atoms with E-state index < -0.39 is 15.9 Å². The number of piperazine rings is 1. The summed E-state index contributed by atoms with van der Waals surface area (Å²) in [6, 6.07) is 14.9. The van der Waals surface area contributed by atoms with Gasteiger partial charge < -0.3 is 15.0 Å². The Balaban J connectivity index is 0.00000167. The number of thiazole rings is 1. The monoisotopic (exact) mass is 520 g/mol. The molecule has 0 atom stereocenters. The van der Waals surface area contributed by atoms with Gasteiger partial charge in [-0.25, -0.2) is 24.8 Å². The molecule has 0 unspecified atom stereocenters. The van der Waals surface area contributed by atoms with Crippen LogP contribution in [0.4, 0.5) is 10.8 Å². The number of sulfonamides is 1. The molecular weight excluding hydrogens is 492 g/mol. The molecule has 1 saturated heterocycles. The Kier molecular flexibility index (Phi) is 8.77. The van der Waals surface area contributed by atoms with Gasteiger partial charge in [0.05, 0.1) is 11.1 Å². The molecule has 11 nitrogen and oxygen atoms in total. The molecule has 188 valence electrons. The lowest BCUT2D eigenvalue weighted by molar-refractivity contribution is 0.0710. The minimum absolute atomic E-state index is 0.283. The van der Waals surface area contributed by atoms with Crippen LogP contribution in [0.5, 0.6) is 0 Å². The molecule has 13 heteroatoms. The Morgan fingerprint density at radius 3 is 2.43 bits per heavy atom. The molecule has 3 aromatic rings. The first kappa shape index (κ1) is 26.5. The second-order valence-corrected chi connectivity index (χ2v) is 10.7. The molecule has 35 heavy (non-hydrogen) atoms. The molecule has 2 heterocycles. The number of hydroxylamine groups is 1. The number of hydrogen-bond donors (Lipinski definition) is 4. The van der Waals surface area contributed by atoms with Gasteiger partial charge in [-0.2, -0.15) is 4.31 Å². The second-order valence-electron chi connectivity index (χ2n) is 7.78. The number of aromatic nitrogens is 1. The van der Waals surface area contributed by atoms with Gasteiger partial charge >= 0.3 is 0 Å². The van der Waals surface area contributed by atoms with Gasteiger partial charge in [0.1, 0.15) is 4.88 Å². The van der Waals surface area contributed by atoms with Crippen LogP contribution in [0.3, 0.4) is 0 Å². The van der Waals surface area contributed by atoms with Crippen LogP contribution in [-0.2, 0) is 10.0 Å². The average Bonchev–Trinajstić information content (AvgIpc) is 3.40. The van der Waals surface area contributed by atoms with E-state index in [4.69, 9.17) is 10.4 Å². The van der Waals surface area contributed by atoms with Crippen molar-refractivity contribution in [3.05, 3.63) is 59.6 Å². The van der Waals surface area contributed by atoms with E-state index in [1.165, 1.54) is 10.5 Å². The number of nitrogens with one attached hydrogen (secondary N) is 1. The molecule has 4 rings (SSSR count). The zero-order valence-electron chi connectivity index (χ0n) is 19.3. The van der Waals surface area contributed by atoms with E-state index in [-0.39, 0.29) is 9.77 Å². The van der Waals surface area contributed by atoms with Crippen molar-refractivity contribution in [3.63, 3.8) is 0 Å². The predicted molar refractivity (Wildman–Crippen MR) is 135 cm³/mol. The van der Waals surface area contributed by atoms with E-state index >= 15 is 0 Å². The summed E-state index contributed by atoms with van der Waals surface area (Å²) in [7, 11) is 0.182. The first-order valence-corrected chi connectivity index (χ1v) is 12.8. The molecule has 0 spiro atoms. The summed E-state index contributed by atoms with van der Waals surface area (Å²) in [5.41, 5.74) is 4.10. The topological polar surface area (TPSA) is 152 Å².